The predicted octanol–water partition coefficient (Wildman–Crippen LogP) is 3.96. The van der Waals surface area contributed by atoms with Crippen LogP contribution in [-0.2, 0) is 4.74 Å². The molecule has 0 amide bonds. The molecule has 0 spiro atoms. The first-order chi connectivity index (χ1) is 9.08. The minimum atomic E-state index is 0.169. The number of ether oxygens (including phenoxy) is 1. The maximum atomic E-state index is 6.39. The Kier molecular flexibility index (Phi) is 5.00. The first-order valence-corrected chi connectivity index (χ1v) is 7.53. The fourth-order valence-corrected chi connectivity index (χ4v) is 3.36. The topological polar surface area (TPSA) is 35.2 Å². The zero-order valence-corrected chi connectivity index (χ0v) is 12.5. The van der Waals surface area contributed by atoms with Crippen LogP contribution in [0.15, 0.2) is 12.1 Å². The van der Waals surface area contributed by atoms with E-state index in [1.165, 1.54) is 41.5 Å². The molecule has 2 rings (SSSR count). The molecule has 0 aromatic heterocycles. The number of hydrogen-bond acceptors (Lipinski definition) is 2. The van der Waals surface area contributed by atoms with Gasteiger partial charge in [0, 0.05) is 12.6 Å². The smallest absolute Gasteiger partial charge is 0.0576 e. The lowest BCUT2D eigenvalue weighted by Gasteiger charge is -2.19. The van der Waals surface area contributed by atoms with Gasteiger partial charge in [-0.3, -0.25) is 0 Å². The van der Waals surface area contributed by atoms with Crippen LogP contribution in [-0.4, -0.2) is 12.7 Å². The molecule has 2 atom stereocenters. The van der Waals surface area contributed by atoms with Gasteiger partial charge < -0.3 is 10.5 Å². The fraction of sp³-hybridized carbons (Fsp3) is 0.647. The summed E-state index contributed by atoms with van der Waals surface area (Å²) < 4.78 is 5.66. The first kappa shape index (κ1) is 14.5. The summed E-state index contributed by atoms with van der Waals surface area (Å²) in [7, 11) is 0. The highest BCUT2D eigenvalue weighted by Crippen LogP contribution is 2.26. The van der Waals surface area contributed by atoms with Crippen LogP contribution < -0.4 is 5.73 Å². The summed E-state index contributed by atoms with van der Waals surface area (Å²) in [4.78, 5) is 0. The Morgan fingerprint density at radius 2 is 1.95 bits per heavy atom. The van der Waals surface area contributed by atoms with Gasteiger partial charge in [0.25, 0.3) is 0 Å². The van der Waals surface area contributed by atoms with Crippen LogP contribution in [0.4, 0.5) is 0 Å². The number of hydrogen-bond donors (Lipinski definition) is 1. The van der Waals surface area contributed by atoms with Crippen molar-refractivity contribution in [2.45, 2.75) is 65.0 Å². The van der Waals surface area contributed by atoms with Gasteiger partial charge in [-0.25, -0.2) is 0 Å². The lowest BCUT2D eigenvalue weighted by molar-refractivity contribution is 0.101. The largest absolute Gasteiger partial charge is 0.378 e. The van der Waals surface area contributed by atoms with Crippen molar-refractivity contribution in [2.75, 3.05) is 6.61 Å². The Balaban J connectivity index is 1.90. The molecule has 1 aromatic rings. The van der Waals surface area contributed by atoms with Crippen LogP contribution in [0.2, 0.25) is 0 Å². The molecular formula is C17H27NO. The summed E-state index contributed by atoms with van der Waals surface area (Å²) >= 11 is 0. The van der Waals surface area contributed by atoms with Gasteiger partial charge in [-0.2, -0.15) is 0 Å². The molecule has 2 nitrogen and oxygen atoms in total. The van der Waals surface area contributed by atoms with Gasteiger partial charge in [-0.15, -0.1) is 0 Å². The number of rotatable bonds is 5. The molecule has 2 heteroatoms. The van der Waals surface area contributed by atoms with Crippen LogP contribution in [0.3, 0.4) is 0 Å². The lowest BCUT2D eigenvalue weighted by atomic mass is 9.91. The van der Waals surface area contributed by atoms with Crippen LogP contribution in [0.5, 0.6) is 0 Å². The molecule has 19 heavy (non-hydrogen) atoms. The molecule has 0 bridgehead atoms. The standard InChI is InChI=1S/C17H27NO/c1-12-10-13(2)17(14(3)11-12)16(18)8-4-6-15-7-5-9-19-15/h10-11,15-16H,4-9,18H2,1-3H3. The summed E-state index contributed by atoms with van der Waals surface area (Å²) in [5.74, 6) is 0. The van der Waals surface area contributed by atoms with Crippen molar-refractivity contribution >= 4 is 0 Å². The summed E-state index contributed by atoms with van der Waals surface area (Å²) in [5, 5.41) is 0. The van der Waals surface area contributed by atoms with Gasteiger partial charge in [-0.05, 0) is 69.6 Å². The molecule has 1 aliphatic heterocycles. The van der Waals surface area contributed by atoms with Crippen molar-refractivity contribution in [3.8, 4) is 0 Å². The Morgan fingerprint density at radius 3 is 2.53 bits per heavy atom. The zero-order valence-electron chi connectivity index (χ0n) is 12.5. The van der Waals surface area contributed by atoms with Gasteiger partial charge >= 0.3 is 0 Å². The van der Waals surface area contributed by atoms with Gasteiger partial charge in [-0.1, -0.05) is 17.7 Å². The highest BCUT2D eigenvalue weighted by atomic mass is 16.5. The highest BCUT2D eigenvalue weighted by Gasteiger charge is 2.17. The first-order valence-electron chi connectivity index (χ1n) is 7.53. The van der Waals surface area contributed by atoms with Crippen LogP contribution in [0, 0.1) is 20.8 Å². The fourth-order valence-electron chi connectivity index (χ4n) is 3.36. The van der Waals surface area contributed by atoms with E-state index in [9.17, 15) is 0 Å². The van der Waals surface area contributed by atoms with E-state index in [1.807, 2.05) is 0 Å². The molecule has 0 saturated carbocycles. The van der Waals surface area contributed by atoms with Gasteiger partial charge in [0.05, 0.1) is 6.10 Å². The van der Waals surface area contributed by atoms with E-state index in [0.717, 1.165) is 19.4 Å². The van der Waals surface area contributed by atoms with Crippen LogP contribution >= 0.6 is 0 Å². The highest BCUT2D eigenvalue weighted by molar-refractivity contribution is 5.39. The number of nitrogens with two attached hydrogens (primary N) is 1. The van der Waals surface area contributed by atoms with Gasteiger partial charge in [0.15, 0.2) is 0 Å². The third-order valence-electron chi connectivity index (χ3n) is 4.17. The van der Waals surface area contributed by atoms with Crippen molar-refractivity contribution in [3.05, 3.63) is 34.4 Å². The number of aryl methyl sites for hydroxylation is 3. The molecule has 0 radical (unpaired) electrons. The molecule has 1 fully saturated rings. The summed E-state index contributed by atoms with van der Waals surface area (Å²) in [6.45, 7) is 7.45. The van der Waals surface area contributed by atoms with Crippen LogP contribution in [0.1, 0.15) is 60.4 Å². The summed E-state index contributed by atoms with van der Waals surface area (Å²) in [6.07, 6.45) is 6.35. The molecule has 1 saturated heterocycles. The average Bonchev–Trinajstić information content (AvgIpc) is 2.80. The maximum Gasteiger partial charge on any atom is 0.0576 e. The minimum Gasteiger partial charge on any atom is -0.378 e. The van der Waals surface area contributed by atoms with Crippen molar-refractivity contribution in [1.29, 1.82) is 0 Å². The summed E-state index contributed by atoms with van der Waals surface area (Å²) in [5.41, 5.74) is 11.7. The second-order valence-corrected chi connectivity index (χ2v) is 5.98. The maximum absolute atomic E-state index is 6.39. The van der Waals surface area contributed by atoms with Gasteiger partial charge in [0.1, 0.15) is 0 Å². The van der Waals surface area contributed by atoms with E-state index < -0.39 is 0 Å². The molecule has 0 aliphatic carbocycles. The van der Waals surface area contributed by atoms with E-state index in [1.54, 1.807) is 0 Å². The van der Waals surface area contributed by atoms with E-state index in [4.69, 9.17) is 10.5 Å². The molecule has 1 aromatic carbocycles. The van der Waals surface area contributed by atoms with Crippen LogP contribution in [0.25, 0.3) is 0 Å². The van der Waals surface area contributed by atoms with E-state index >= 15 is 0 Å². The average molecular weight is 261 g/mol. The van der Waals surface area contributed by atoms with E-state index in [2.05, 4.69) is 32.9 Å². The predicted molar refractivity (Wildman–Crippen MR) is 80.4 cm³/mol. The van der Waals surface area contributed by atoms with Crippen molar-refractivity contribution in [2.24, 2.45) is 5.73 Å². The second-order valence-electron chi connectivity index (χ2n) is 5.98. The molecule has 1 aliphatic rings. The number of benzene rings is 1. The third kappa shape index (κ3) is 3.80. The summed E-state index contributed by atoms with van der Waals surface area (Å²) in [6, 6.07) is 4.65. The lowest BCUT2D eigenvalue weighted by Crippen LogP contribution is -2.15. The van der Waals surface area contributed by atoms with E-state index in [-0.39, 0.29) is 6.04 Å². The monoisotopic (exact) mass is 261 g/mol. The zero-order chi connectivity index (χ0) is 13.8. The van der Waals surface area contributed by atoms with Crippen molar-refractivity contribution in [1.82, 2.24) is 0 Å². The third-order valence-corrected chi connectivity index (χ3v) is 4.17. The minimum absolute atomic E-state index is 0.169. The Hall–Kier alpha value is -0.860. The molecule has 2 N–H and O–H groups in total. The van der Waals surface area contributed by atoms with Gasteiger partial charge in [0.2, 0.25) is 0 Å². The van der Waals surface area contributed by atoms with E-state index in [0.29, 0.717) is 6.10 Å². The Labute approximate surface area is 117 Å². The Morgan fingerprint density at radius 1 is 1.26 bits per heavy atom. The quantitative estimate of drug-likeness (QED) is 0.870. The molecule has 106 valence electrons. The van der Waals surface area contributed by atoms with Crippen molar-refractivity contribution in [3.63, 3.8) is 0 Å². The molecule has 1 heterocycles. The second kappa shape index (κ2) is 6.53. The Bertz CT molecular complexity index is 398. The molecule has 2 unspecified atom stereocenters. The SMILES string of the molecule is Cc1cc(C)c(C(N)CCCC2CCCO2)c(C)c1. The van der Waals surface area contributed by atoms with Crippen molar-refractivity contribution < 1.29 is 4.74 Å². The molecular weight excluding hydrogens is 234 g/mol. The normalized spacial score (nSPS) is 20.7.